The summed E-state index contributed by atoms with van der Waals surface area (Å²) in [5.74, 6) is 0.275. The van der Waals surface area contributed by atoms with Gasteiger partial charge in [0.2, 0.25) is 5.91 Å². The minimum atomic E-state index is -0.350. The van der Waals surface area contributed by atoms with Gasteiger partial charge in [0.05, 0.1) is 24.9 Å². The number of aromatic nitrogens is 2. The van der Waals surface area contributed by atoms with E-state index in [-0.39, 0.29) is 30.2 Å². The summed E-state index contributed by atoms with van der Waals surface area (Å²) in [5, 5.41) is 6.86. The highest BCUT2D eigenvalue weighted by Crippen LogP contribution is 2.41. The molecule has 2 aromatic heterocycles. The van der Waals surface area contributed by atoms with Crippen LogP contribution in [0.15, 0.2) is 79.0 Å². The highest BCUT2D eigenvalue weighted by molar-refractivity contribution is 7.80. The highest BCUT2D eigenvalue weighted by atomic mass is 32.1. The number of carbonyl (C=O) groups excluding carboxylic acids is 1. The van der Waals surface area contributed by atoms with Gasteiger partial charge in [0.25, 0.3) is 0 Å². The monoisotopic (exact) mass is 543 g/mol. The largest absolute Gasteiger partial charge is 0.497 e. The van der Waals surface area contributed by atoms with Crippen LogP contribution in [0.2, 0.25) is 0 Å². The maximum Gasteiger partial charge on any atom is 0.226 e. The lowest BCUT2D eigenvalue weighted by molar-refractivity contribution is -0.116. The molecule has 1 fully saturated rings. The van der Waals surface area contributed by atoms with Gasteiger partial charge in [-0.25, -0.2) is 4.39 Å². The maximum absolute atomic E-state index is 13.3. The minimum Gasteiger partial charge on any atom is -0.497 e. The number of halogens is 1. The lowest BCUT2D eigenvalue weighted by Crippen LogP contribution is -2.32. The zero-order valence-electron chi connectivity index (χ0n) is 22.0. The van der Waals surface area contributed by atoms with Crippen molar-refractivity contribution in [3.8, 4) is 11.4 Å². The fourth-order valence-corrected chi connectivity index (χ4v) is 5.51. The third kappa shape index (κ3) is 5.49. The molecule has 39 heavy (non-hydrogen) atoms. The van der Waals surface area contributed by atoms with Crippen molar-refractivity contribution in [1.82, 2.24) is 19.8 Å². The molecule has 2 N–H and O–H groups in total. The lowest BCUT2D eigenvalue weighted by atomic mass is 9.96. The molecule has 0 aliphatic carbocycles. The van der Waals surface area contributed by atoms with Gasteiger partial charge in [0.1, 0.15) is 11.6 Å². The van der Waals surface area contributed by atoms with Crippen LogP contribution in [0, 0.1) is 19.7 Å². The number of rotatable bonds is 8. The van der Waals surface area contributed by atoms with E-state index in [0.29, 0.717) is 17.3 Å². The Labute approximate surface area is 232 Å². The molecule has 1 aliphatic rings. The number of anilines is 1. The van der Waals surface area contributed by atoms with E-state index in [4.69, 9.17) is 17.0 Å². The van der Waals surface area contributed by atoms with E-state index in [2.05, 4.69) is 45.0 Å². The summed E-state index contributed by atoms with van der Waals surface area (Å²) in [6, 6.07) is 21.3. The molecule has 0 saturated carbocycles. The Morgan fingerprint density at radius 3 is 2.51 bits per heavy atom. The van der Waals surface area contributed by atoms with E-state index in [9.17, 15) is 9.18 Å². The van der Waals surface area contributed by atoms with Gasteiger partial charge in [-0.3, -0.25) is 9.78 Å². The van der Waals surface area contributed by atoms with Gasteiger partial charge in [-0.05, 0) is 98.4 Å². The van der Waals surface area contributed by atoms with Crippen LogP contribution in [0.3, 0.4) is 0 Å². The van der Waals surface area contributed by atoms with Crippen LogP contribution >= 0.6 is 12.2 Å². The lowest BCUT2D eigenvalue weighted by Gasteiger charge is -2.28. The van der Waals surface area contributed by atoms with Gasteiger partial charge in [0, 0.05) is 41.9 Å². The molecular formula is C30H30FN5O2S. The number of nitrogens with one attached hydrogen (secondary N) is 2. The normalized spacial score (nSPS) is 16.7. The Morgan fingerprint density at radius 1 is 1.10 bits per heavy atom. The van der Waals surface area contributed by atoms with Crippen molar-refractivity contribution >= 4 is 28.9 Å². The summed E-state index contributed by atoms with van der Waals surface area (Å²) in [5.41, 5.74) is 5.72. The van der Waals surface area contributed by atoms with Crippen LogP contribution in [0.5, 0.6) is 5.75 Å². The van der Waals surface area contributed by atoms with Crippen molar-refractivity contribution in [2.24, 2.45) is 0 Å². The SMILES string of the molecule is COc1ccc(-n2c(C)cc([C@@H]3[C@H](c4ccccn4)NC(=S)N3CCC(=O)Nc3ccc(F)cc3)c2C)cc1. The van der Waals surface area contributed by atoms with E-state index >= 15 is 0 Å². The van der Waals surface area contributed by atoms with Gasteiger partial charge in [-0.15, -0.1) is 0 Å². The quantitative estimate of drug-likeness (QED) is 0.281. The van der Waals surface area contributed by atoms with E-state index in [1.165, 1.54) is 12.1 Å². The van der Waals surface area contributed by atoms with E-state index in [1.807, 2.05) is 42.5 Å². The van der Waals surface area contributed by atoms with Crippen molar-refractivity contribution in [2.75, 3.05) is 19.0 Å². The molecule has 5 rings (SSSR count). The highest BCUT2D eigenvalue weighted by Gasteiger charge is 2.41. The number of nitrogens with zero attached hydrogens (tertiary/aromatic N) is 3. The van der Waals surface area contributed by atoms with Crippen molar-refractivity contribution < 1.29 is 13.9 Å². The van der Waals surface area contributed by atoms with Crippen LogP contribution in [0.25, 0.3) is 5.69 Å². The number of aryl methyl sites for hydroxylation is 1. The second-order valence-electron chi connectivity index (χ2n) is 9.48. The second kappa shape index (κ2) is 11.2. The summed E-state index contributed by atoms with van der Waals surface area (Å²) >= 11 is 5.79. The molecular weight excluding hydrogens is 513 g/mol. The predicted octanol–water partition coefficient (Wildman–Crippen LogP) is 5.64. The van der Waals surface area contributed by atoms with Crippen LogP contribution in [-0.4, -0.2) is 39.1 Å². The summed E-state index contributed by atoms with van der Waals surface area (Å²) in [6.45, 7) is 4.58. The molecule has 1 amide bonds. The first-order valence-electron chi connectivity index (χ1n) is 12.7. The zero-order valence-corrected chi connectivity index (χ0v) is 22.8. The molecule has 4 aromatic rings. The smallest absolute Gasteiger partial charge is 0.226 e. The molecule has 0 spiro atoms. The number of hydrogen-bond donors (Lipinski definition) is 2. The average Bonchev–Trinajstić information content (AvgIpc) is 3.43. The van der Waals surface area contributed by atoms with Gasteiger partial charge in [-0.2, -0.15) is 0 Å². The number of pyridine rings is 1. The van der Waals surface area contributed by atoms with Gasteiger partial charge >= 0.3 is 0 Å². The predicted molar refractivity (Wildman–Crippen MR) is 154 cm³/mol. The molecule has 9 heteroatoms. The van der Waals surface area contributed by atoms with Crippen molar-refractivity contribution in [2.45, 2.75) is 32.4 Å². The molecule has 0 unspecified atom stereocenters. The summed E-state index contributed by atoms with van der Waals surface area (Å²) in [4.78, 5) is 19.5. The topological polar surface area (TPSA) is 71.4 Å². The molecule has 0 bridgehead atoms. The molecule has 0 radical (unpaired) electrons. The van der Waals surface area contributed by atoms with Crippen LogP contribution in [-0.2, 0) is 4.79 Å². The summed E-state index contributed by atoms with van der Waals surface area (Å²) < 4.78 is 20.8. The first-order chi connectivity index (χ1) is 18.9. The fourth-order valence-electron chi connectivity index (χ4n) is 5.18. The third-order valence-electron chi connectivity index (χ3n) is 7.03. The molecule has 3 heterocycles. The Bertz CT molecular complexity index is 1470. The molecule has 2 aromatic carbocycles. The Morgan fingerprint density at radius 2 is 1.85 bits per heavy atom. The average molecular weight is 544 g/mol. The van der Waals surface area contributed by atoms with Crippen molar-refractivity contribution in [1.29, 1.82) is 0 Å². The standard InChI is InChI=1S/C30H30FN5O2S/c1-19-18-25(20(2)36(19)23-11-13-24(38-3)14-12-23)29-28(26-6-4-5-16-32-26)34-30(39)35(29)17-15-27(37)33-22-9-7-21(31)8-10-22/h4-14,16,18,28-29H,15,17H2,1-3H3,(H,33,37)(H,34,39)/t28-,29+/m0/s1. The Hall–Kier alpha value is -4.24. The number of methoxy groups -OCH3 is 1. The van der Waals surface area contributed by atoms with Crippen molar-refractivity contribution in [3.05, 3.63) is 107 Å². The first-order valence-corrected chi connectivity index (χ1v) is 13.1. The number of ether oxygens (including phenoxy) is 1. The maximum atomic E-state index is 13.3. The summed E-state index contributed by atoms with van der Waals surface area (Å²) in [6.07, 6.45) is 1.98. The molecule has 1 aliphatic heterocycles. The molecule has 200 valence electrons. The van der Waals surface area contributed by atoms with Gasteiger partial charge in [-0.1, -0.05) is 6.07 Å². The number of benzene rings is 2. The molecule has 1 saturated heterocycles. The molecule has 7 nitrogen and oxygen atoms in total. The summed E-state index contributed by atoms with van der Waals surface area (Å²) in [7, 11) is 1.65. The number of hydrogen-bond acceptors (Lipinski definition) is 4. The number of carbonyl (C=O) groups is 1. The number of amides is 1. The third-order valence-corrected chi connectivity index (χ3v) is 7.38. The Balaban J connectivity index is 1.45. The fraction of sp³-hybridized carbons (Fsp3) is 0.233. The van der Waals surface area contributed by atoms with Crippen LogP contribution in [0.4, 0.5) is 10.1 Å². The zero-order chi connectivity index (χ0) is 27.5. The Kier molecular flexibility index (Phi) is 7.60. The first kappa shape index (κ1) is 26.4. The minimum absolute atomic E-state index is 0.173. The number of thiocarbonyl (C=S) groups is 1. The van der Waals surface area contributed by atoms with Crippen molar-refractivity contribution in [3.63, 3.8) is 0 Å². The molecule has 2 atom stereocenters. The van der Waals surface area contributed by atoms with Crippen LogP contribution < -0.4 is 15.4 Å². The van der Waals surface area contributed by atoms with E-state index < -0.39 is 0 Å². The van der Waals surface area contributed by atoms with Crippen LogP contribution in [0.1, 0.15) is 41.1 Å². The second-order valence-corrected chi connectivity index (χ2v) is 9.87. The van der Waals surface area contributed by atoms with Gasteiger partial charge < -0.3 is 24.8 Å². The van der Waals surface area contributed by atoms with E-state index in [0.717, 1.165) is 34.1 Å². The van der Waals surface area contributed by atoms with Gasteiger partial charge in [0.15, 0.2) is 5.11 Å². The van der Waals surface area contributed by atoms with E-state index in [1.54, 1.807) is 25.4 Å².